The molecule has 5 nitrogen and oxygen atoms in total. The van der Waals surface area contributed by atoms with Crippen molar-refractivity contribution >= 4 is 17.2 Å². The molecular weight excluding hydrogens is 264 g/mol. The molecule has 0 atom stereocenters. The number of aryl methyl sites for hydroxylation is 2. The summed E-state index contributed by atoms with van der Waals surface area (Å²) in [7, 11) is 1.63. The fourth-order valence-electron chi connectivity index (χ4n) is 2.20. The van der Waals surface area contributed by atoms with Crippen molar-refractivity contribution in [2.45, 2.75) is 13.8 Å². The van der Waals surface area contributed by atoms with Gasteiger partial charge >= 0.3 is 0 Å². The van der Waals surface area contributed by atoms with Crippen LogP contribution in [0.5, 0.6) is 5.75 Å². The van der Waals surface area contributed by atoms with E-state index in [1.807, 2.05) is 60.8 Å². The lowest BCUT2D eigenvalue weighted by atomic mass is 10.2. The predicted molar refractivity (Wildman–Crippen MR) is 81.8 cm³/mol. The van der Waals surface area contributed by atoms with Crippen molar-refractivity contribution in [1.82, 2.24) is 9.38 Å². The molecular formula is C16H16N4O. The maximum Gasteiger partial charge on any atom is 0.182 e. The molecule has 0 radical (unpaired) electrons. The van der Waals surface area contributed by atoms with Crippen LogP contribution in [0.25, 0.3) is 5.65 Å². The van der Waals surface area contributed by atoms with Gasteiger partial charge in [0, 0.05) is 6.20 Å². The minimum Gasteiger partial charge on any atom is -0.494 e. The summed E-state index contributed by atoms with van der Waals surface area (Å²) in [6, 6.07) is 11.7. The molecule has 21 heavy (non-hydrogen) atoms. The van der Waals surface area contributed by atoms with Gasteiger partial charge in [0.1, 0.15) is 17.1 Å². The number of ether oxygens (including phenoxy) is 1. The Morgan fingerprint density at radius 3 is 2.76 bits per heavy atom. The maximum atomic E-state index is 5.31. The molecule has 0 bridgehead atoms. The summed E-state index contributed by atoms with van der Waals surface area (Å²) in [5, 5.41) is 8.69. The Bertz CT molecular complexity index is 820. The molecule has 0 unspecified atom stereocenters. The smallest absolute Gasteiger partial charge is 0.182 e. The van der Waals surface area contributed by atoms with E-state index >= 15 is 0 Å². The monoisotopic (exact) mass is 280 g/mol. The highest BCUT2D eigenvalue weighted by molar-refractivity contribution is 5.55. The van der Waals surface area contributed by atoms with Gasteiger partial charge in [0.05, 0.1) is 12.8 Å². The van der Waals surface area contributed by atoms with E-state index in [1.165, 1.54) is 0 Å². The van der Waals surface area contributed by atoms with Crippen LogP contribution < -0.4 is 4.74 Å². The van der Waals surface area contributed by atoms with Crippen LogP contribution in [0.15, 0.2) is 52.8 Å². The number of hydrogen-bond donors (Lipinski definition) is 0. The number of fused-ring (bicyclic) bond motifs is 1. The fourth-order valence-corrected chi connectivity index (χ4v) is 2.20. The lowest BCUT2D eigenvalue weighted by molar-refractivity contribution is 0.415. The Kier molecular flexibility index (Phi) is 3.39. The average Bonchev–Trinajstić information content (AvgIpc) is 2.81. The van der Waals surface area contributed by atoms with Crippen molar-refractivity contribution < 1.29 is 4.74 Å². The van der Waals surface area contributed by atoms with Crippen LogP contribution in [-0.2, 0) is 0 Å². The van der Waals surface area contributed by atoms with Gasteiger partial charge in [-0.25, -0.2) is 4.98 Å². The summed E-state index contributed by atoms with van der Waals surface area (Å²) in [4.78, 5) is 4.46. The molecule has 0 fully saturated rings. The average molecular weight is 280 g/mol. The number of aromatic nitrogens is 2. The summed E-state index contributed by atoms with van der Waals surface area (Å²) in [6.45, 7) is 3.94. The van der Waals surface area contributed by atoms with Gasteiger partial charge < -0.3 is 4.74 Å². The summed E-state index contributed by atoms with van der Waals surface area (Å²) < 4.78 is 7.23. The molecule has 2 aromatic heterocycles. The molecule has 0 aliphatic heterocycles. The molecule has 0 N–H and O–H groups in total. The summed E-state index contributed by atoms with van der Waals surface area (Å²) >= 11 is 0. The van der Waals surface area contributed by atoms with Crippen LogP contribution in [0.2, 0.25) is 0 Å². The second-order valence-corrected chi connectivity index (χ2v) is 4.82. The second kappa shape index (κ2) is 5.36. The molecule has 5 heteroatoms. The molecule has 106 valence electrons. The van der Waals surface area contributed by atoms with E-state index in [0.717, 1.165) is 22.7 Å². The Morgan fingerprint density at radius 1 is 1.10 bits per heavy atom. The standard InChI is InChI=1S/C16H16N4O/c1-11-7-8-14(21-3)13(10-11)18-19-16-12(2)17-15-6-4-5-9-20(15)16/h4-10H,1-3H3. The molecule has 0 amide bonds. The van der Waals surface area contributed by atoms with E-state index < -0.39 is 0 Å². The van der Waals surface area contributed by atoms with E-state index in [0.29, 0.717) is 11.4 Å². The highest BCUT2D eigenvalue weighted by atomic mass is 16.5. The fraction of sp³-hybridized carbons (Fsp3) is 0.188. The van der Waals surface area contributed by atoms with Crippen molar-refractivity contribution in [3.8, 4) is 5.75 Å². The van der Waals surface area contributed by atoms with Gasteiger partial charge in [-0.1, -0.05) is 12.1 Å². The van der Waals surface area contributed by atoms with Crippen molar-refractivity contribution in [3.05, 3.63) is 53.9 Å². The number of azo groups is 1. The van der Waals surface area contributed by atoms with Crippen molar-refractivity contribution in [3.63, 3.8) is 0 Å². The topological polar surface area (TPSA) is 51.2 Å². The number of benzene rings is 1. The summed E-state index contributed by atoms with van der Waals surface area (Å²) in [5.74, 6) is 1.44. The highest BCUT2D eigenvalue weighted by Crippen LogP contribution is 2.30. The second-order valence-electron chi connectivity index (χ2n) is 4.82. The van der Waals surface area contributed by atoms with Gasteiger partial charge in [0.25, 0.3) is 0 Å². The zero-order chi connectivity index (χ0) is 14.8. The molecule has 0 aliphatic rings. The largest absolute Gasteiger partial charge is 0.494 e. The van der Waals surface area contributed by atoms with Crippen LogP contribution >= 0.6 is 0 Å². The third-order valence-electron chi connectivity index (χ3n) is 3.26. The Labute approximate surface area is 122 Å². The normalized spacial score (nSPS) is 11.4. The Balaban J connectivity index is 2.06. The van der Waals surface area contributed by atoms with Gasteiger partial charge in [-0.3, -0.25) is 4.40 Å². The van der Waals surface area contributed by atoms with Gasteiger partial charge in [-0.05, 0) is 43.7 Å². The molecule has 0 aliphatic carbocycles. The number of imidazole rings is 1. The predicted octanol–water partition coefficient (Wildman–Crippen LogP) is 4.38. The molecule has 3 rings (SSSR count). The Hall–Kier alpha value is -2.69. The van der Waals surface area contributed by atoms with Gasteiger partial charge in [0.2, 0.25) is 0 Å². The van der Waals surface area contributed by atoms with Gasteiger partial charge in [0.15, 0.2) is 5.82 Å². The van der Waals surface area contributed by atoms with Gasteiger partial charge in [-0.15, -0.1) is 10.2 Å². The third-order valence-corrected chi connectivity index (χ3v) is 3.26. The zero-order valence-corrected chi connectivity index (χ0v) is 12.2. The van der Waals surface area contributed by atoms with Gasteiger partial charge in [-0.2, -0.15) is 0 Å². The minimum atomic E-state index is 0.704. The third kappa shape index (κ3) is 2.50. The number of hydrogen-bond acceptors (Lipinski definition) is 4. The van der Waals surface area contributed by atoms with Crippen molar-refractivity contribution in [2.75, 3.05) is 7.11 Å². The van der Waals surface area contributed by atoms with Crippen LogP contribution in [0.4, 0.5) is 11.5 Å². The molecule has 0 saturated carbocycles. The zero-order valence-electron chi connectivity index (χ0n) is 12.2. The molecule has 3 aromatic rings. The molecule has 1 aromatic carbocycles. The van der Waals surface area contributed by atoms with E-state index in [9.17, 15) is 0 Å². The van der Waals surface area contributed by atoms with Crippen LogP contribution in [0.3, 0.4) is 0 Å². The number of methoxy groups -OCH3 is 1. The first kappa shape index (κ1) is 13.3. The number of rotatable bonds is 3. The highest BCUT2D eigenvalue weighted by Gasteiger charge is 2.08. The first-order chi connectivity index (χ1) is 10.2. The van der Waals surface area contributed by atoms with Crippen molar-refractivity contribution in [1.29, 1.82) is 0 Å². The van der Waals surface area contributed by atoms with E-state index in [4.69, 9.17) is 4.74 Å². The lowest BCUT2D eigenvalue weighted by Crippen LogP contribution is -1.84. The number of pyridine rings is 1. The van der Waals surface area contributed by atoms with Crippen LogP contribution in [-0.4, -0.2) is 16.5 Å². The van der Waals surface area contributed by atoms with E-state index in [2.05, 4.69) is 15.2 Å². The van der Waals surface area contributed by atoms with Crippen molar-refractivity contribution in [2.24, 2.45) is 10.2 Å². The first-order valence-corrected chi connectivity index (χ1v) is 6.69. The number of nitrogens with zero attached hydrogens (tertiary/aromatic N) is 4. The quantitative estimate of drug-likeness (QED) is 0.669. The van der Waals surface area contributed by atoms with Crippen LogP contribution in [0.1, 0.15) is 11.3 Å². The van der Waals surface area contributed by atoms with E-state index in [-0.39, 0.29) is 0 Å². The molecule has 0 saturated heterocycles. The SMILES string of the molecule is COc1ccc(C)cc1N=Nc1c(C)nc2ccccn12. The lowest BCUT2D eigenvalue weighted by Gasteiger charge is -2.04. The maximum absolute atomic E-state index is 5.31. The van der Waals surface area contributed by atoms with Crippen LogP contribution in [0, 0.1) is 13.8 Å². The molecule has 2 heterocycles. The molecule has 0 spiro atoms. The summed E-state index contributed by atoms with van der Waals surface area (Å²) in [5.41, 5.74) is 3.53. The minimum absolute atomic E-state index is 0.704. The first-order valence-electron chi connectivity index (χ1n) is 6.69. The summed E-state index contributed by atoms with van der Waals surface area (Å²) in [6.07, 6.45) is 1.93. The van der Waals surface area contributed by atoms with E-state index in [1.54, 1.807) is 7.11 Å². The Morgan fingerprint density at radius 2 is 1.95 bits per heavy atom.